The average Bonchev–Trinajstić information content (AvgIpc) is 2.97. The Kier molecular flexibility index (Phi) is 5.25. The fourth-order valence-corrected chi connectivity index (χ4v) is 1.91. The number of hydrogen-bond donors (Lipinski definition) is 3. The Morgan fingerprint density at radius 1 is 1.35 bits per heavy atom. The first-order valence-electron chi connectivity index (χ1n) is 6.67. The van der Waals surface area contributed by atoms with Crippen LogP contribution in [-0.2, 0) is 17.6 Å². The third-order valence-electron chi connectivity index (χ3n) is 2.99. The summed E-state index contributed by atoms with van der Waals surface area (Å²) in [6.45, 7) is 0.585. The molecule has 0 saturated heterocycles. The normalized spacial score (nSPS) is 12.1. The lowest BCUT2D eigenvalue weighted by molar-refractivity contribution is -0.122. The van der Waals surface area contributed by atoms with Crippen LogP contribution in [0.25, 0.3) is 0 Å². The smallest absolute Gasteiger partial charge is 0.237 e. The van der Waals surface area contributed by atoms with Crippen LogP contribution in [0.3, 0.4) is 0 Å². The van der Waals surface area contributed by atoms with Crippen LogP contribution >= 0.6 is 0 Å². The number of carbonyl (C=O) groups excluding carboxylic acids is 1. The highest BCUT2D eigenvalue weighted by Gasteiger charge is 2.13. The van der Waals surface area contributed by atoms with E-state index in [4.69, 9.17) is 5.73 Å². The van der Waals surface area contributed by atoms with Crippen molar-refractivity contribution >= 4 is 5.91 Å². The monoisotopic (exact) mass is 273 g/mol. The van der Waals surface area contributed by atoms with E-state index in [0.29, 0.717) is 13.0 Å². The summed E-state index contributed by atoms with van der Waals surface area (Å²) in [5.74, 6) is 0.708. The summed E-state index contributed by atoms with van der Waals surface area (Å²) in [7, 11) is 0. The molecule has 6 heteroatoms. The number of nitrogens with two attached hydrogens (primary N) is 1. The number of hydrogen-bond acceptors (Lipinski definition) is 4. The maximum absolute atomic E-state index is 11.8. The lowest BCUT2D eigenvalue weighted by atomic mass is 10.1. The molecule has 1 aromatic heterocycles. The molecule has 1 heterocycles. The molecule has 106 valence electrons. The summed E-state index contributed by atoms with van der Waals surface area (Å²) in [6.07, 6.45) is 3.59. The number of carbonyl (C=O) groups is 1. The number of nitrogens with zero attached hydrogens (tertiary/aromatic N) is 2. The van der Waals surface area contributed by atoms with Crippen molar-refractivity contribution in [3.8, 4) is 0 Å². The van der Waals surface area contributed by atoms with E-state index in [1.165, 1.54) is 6.33 Å². The zero-order chi connectivity index (χ0) is 14.2. The summed E-state index contributed by atoms with van der Waals surface area (Å²) < 4.78 is 0. The van der Waals surface area contributed by atoms with E-state index in [1.807, 2.05) is 30.3 Å². The Hall–Kier alpha value is -2.21. The van der Waals surface area contributed by atoms with Gasteiger partial charge in [0.1, 0.15) is 12.2 Å². The van der Waals surface area contributed by atoms with E-state index in [2.05, 4.69) is 20.5 Å². The van der Waals surface area contributed by atoms with Crippen molar-refractivity contribution in [1.82, 2.24) is 20.5 Å². The molecule has 0 bridgehead atoms. The number of nitrogens with one attached hydrogen (secondary N) is 2. The maximum Gasteiger partial charge on any atom is 0.237 e. The van der Waals surface area contributed by atoms with Crippen molar-refractivity contribution in [2.24, 2.45) is 5.73 Å². The summed E-state index contributed by atoms with van der Waals surface area (Å²) in [5.41, 5.74) is 6.95. The molecule has 2 aromatic rings. The van der Waals surface area contributed by atoms with Crippen LogP contribution in [0.4, 0.5) is 0 Å². The second-order valence-electron chi connectivity index (χ2n) is 4.62. The molecular weight excluding hydrogens is 254 g/mol. The predicted molar refractivity (Wildman–Crippen MR) is 75.8 cm³/mol. The van der Waals surface area contributed by atoms with Gasteiger partial charge in [0.05, 0.1) is 6.04 Å². The van der Waals surface area contributed by atoms with Crippen molar-refractivity contribution < 1.29 is 4.79 Å². The first-order valence-corrected chi connectivity index (χ1v) is 6.67. The second-order valence-corrected chi connectivity index (χ2v) is 4.62. The standard InChI is InChI=1S/C14H19N5O/c15-12(9-11-5-2-1-3-6-11)14(20)16-8-4-7-13-17-10-18-19-13/h1-3,5-6,10,12H,4,7-9,15H2,(H,16,20)(H,17,18,19). The highest BCUT2D eigenvalue weighted by Crippen LogP contribution is 2.02. The quantitative estimate of drug-likeness (QED) is 0.637. The van der Waals surface area contributed by atoms with Crippen LogP contribution < -0.4 is 11.1 Å². The van der Waals surface area contributed by atoms with Gasteiger partial charge in [0, 0.05) is 13.0 Å². The number of H-pyrrole nitrogens is 1. The Balaban J connectivity index is 1.66. The molecule has 1 atom stereocenters. The van der Waals surface area contributed by atoms with E-state index < -0.39 is 6.04 Å². The van der Waals surface area contributed by atoms with Crippen LogP contribution in [0.5, 0.6) is 0 Å². The van der Waals surface area contributed by atoms with Gasteiger partial charge in [-0.25, -0.2) is 4.98 Å². The number of aromatic amines is 1. The van der Waals surface area contributed by atoms with Crippen molar-refractivity contribution in [1.29, 1.82) is 0 Å². The second kappa shape index (κ2) is 7.40. The Morgan fingerprint density at radius 3 is 2.85 bits per heavy atom. The van der Waals surface area contributed by atoms with Gasteiger partial charge in [0.15, 0.2) is 0 Å². The first-order chi connectivity index (χ1) is 9.75. The zero-order valence-electron chi connectivity index (χ0n) is 11.2. The van der Waals surface area contributed by atoms with E-state index in [-0.39, 0.29) is 5.91 Å². The first kappa shape index (κ1) is 14.2. The van der Waals surface area contributed by atoms with Gasteiger partial charge in [-0.05, 0) is 18.4 Å². The van der Waals surface area contributed by atoms with Gasteiger partial charge in [-0.15, -0.1) is 0 Å². The molecule has 0 aliphatic heterocycles. The molecule has 1 amide bonds. The highest BCUT2D eigenvalue weighted by atomic mass is 16.2. The third kappa shape index (κ3) is 4.47. The topological polar surface area (TPSA) is 96.7 Å². The fourth-order valence-electron chi connectivity index (χ4n) is 1.91. The van der Waals surface area contributed by atoms with Crippen LogP contribution in [0, 0.1) is 0 Å². The summed E-state index contributed by atoms with van der Waals surface area (Å²) in [5, 5.41) is 9.39. The van der Waals surface area contributed by atoms with Crippen molar-refractivity contribution in [2.45, 2.75) is 25.3 Å². The van der Waals surface area contributed by atoms with Gasteiger partial charge in [0.25, 0.3) is 0 Å². The molecule has 4 N–H and O–H groups in total. The van der Waals surface area contributed by atoms with Gasteiger partial charge in [-0.1, -0.05) is 30.3 Å². The number of benzene rings is 1. The molecule has 1 unspecified atom stereocenters. The zero-order valence-corrected chi connectivity index (χ0v) is 11.2. The average molecular weight is 273 g/mol. The lowest BCUT2D eigenvalue weighted by Crippen LogP contribution is -2.42. The van der Waals surface area contributed by atoms with Crippen molar-refractivity contribution in [2.75, 3.05) is 6.54 Å². The minimum Gasteiger partial charge on any atom is -0.355 e. The van der Waals surface area contributed by atoms with E-state index >= 15 is 0 Å². The van der Waals surface area contributed by atoms with Crippen LogP contribution in [0.2, 0.25) is 0 Å². The number of aryl methyl sites for hydroxylation is 1. The van der Waals surface area contributed by atoms with Crippen LogP contribution in [-0.4, -0.2) is 33.7 Å². The van der Waals surface area contributed by atoms with Crippen LogP contribution in [0.15, 0.2) is 36.7 Å². The number of aromatic nitrogens is 3. The molecule has 0 spiro atoms. The van der Waals surface area contributed by atoms with E-state index in [0.717, 1.165) is 24.2 Å². The molecule has 0 aliphatic rings. The minimum absolute atomic E-state index is 0.119. The van der Waals surface area contributed by atoms with Gasteiger partial charge < -0.3 is 11.1 Å². The lowest BCUT2D eigenvalue weighted by Gasteiger charge is -2.12. The van der Waals surface area contributed by atoms with E-state index in [1.54, 1.807) is 0 Å². The molecule has 6 nitrogen and oxygen atoms in total. The summed E-state index contributed by atoms with van der Waals surface area (Å²) in [6, 6.07) is 9.25. The van der Waals surface area contributed by atoms with Gasteiger partial charge >= 0.3 is 0 Å². The highest BCUT2D eigenvalue weighted by molar-refractivity contribution is 5.81. The molecule has 1 aromatic carbocycles. The Morgan fingerprint density at radius 2 is 2.15 bits per heavy atom. The maximum atomic E-state index is 11.8. The molecular formula is C14H19N5O. The number of rotatable bonds is 7. The van der Waals surface area contributed by atoms with Crippen molar-refractivity contribution in [3.05, 3.63) is 48.0 Å². The van der Waals surface area contributed by atoms with E-state index in [9.17, 15) is 4.79 Å². The summed E-state index contributed by atoms with van der Waals surface area (Å²) in [4.78, 5) is 15.9. The minimum atomic E-state index is -0.511. The predicted octanol–water partition coefficient (Wildman–Crippen LogP) is 0.424. The summed E-state index contributed by atoms with van der Waals surface area (Å²) >= 11 is 0. The van der Waals surface area contributed by atoms with Gasteiger partial charge in [-0.3, -0.25) is 9.89 Å². The van der Waals surface area contributed by atoms with Crippen molar-refractivity contribution in [3.63, 3.8) is 0 Å². The molecule has 0 aliphatic carbocycles. The van der Waals surface area contributed by atoms with Gasteiger partial charge in [0.2, 0.25) is 5.91 Å². The largest absolute Gasteiger partial charge is 0.355 e. The van der Waals surface area contributed by atoms with Gasteiger partial charge in [-0.2, -0.15) is 5.10 Å². The fraction of sp³-hybridized carbons (Fsp3) is 0.357. The molecule has 0 saturated carbocycles. The SMILES string of the molecule is NC(Cc1ccccc1)C(=O)NCCCc1ncn[nH]1. The van der Waals surface area contributed by atoms with Crippen LogP contribution in [0.1, 0.15) is 17.8 Å². The molecule has 0 radical (unpaired) electrons. The number of amides is 1. The Labute approximate surface area is 117 Å². The molecule has 0 fully saturated rings. The third-order valence-corrected chi connectivity index (χ3v) is 2.99. The molecule has 20 heavy (non-hydrogen) atoms. The Bertz CT molecular complexity index is 512. The molecule has 2 rings (SSSR count).